The molecule has 8 nitrogen and oxygen atoms in total. The zero-order valence-electron chi connectivity index (χ0n) is 16.5. The molecule has 1 heterocycles. The van der Waals surface area contributed by atoms with Crippen LogP contribution in [0.4, 0.5) is 11.4 Å². The predicted molar refractivity (Wildman–Crippen MR) is 117 cm³/mol. The highest BCUT2D eigenvalue weighted by Crippen LogP contribution is 2.32. The van der Waals surface area contributed by atoms with E-state index in [0.717, 1.165) is 6.26 Å². The first-order chi connectivity index (χ1) is 14.2. The second-order valence-corrected chi connectivity index (χ2v) is 8.49. The van der Waals surface area contributed by atoms with E-state index < -0.39 is 15.9 Å². The number of anilines is 2. The summed E-state index contributed by atoms with van der Waals surface area (Å²) in [6.45, 7) is 0. The first kappa shape index (κ1) is 21.5. The number of methoxy groups -OCH3 is 2. The van der Waals surface area contributed by atoms with Gasteiger partial charge in [0, 0.05) is 30.2 Å². The minimum absolute atomic E-state index is 0.246. The molecular formula is C20H20ClN3O5S. The van der Waals surface area contributed by atoms with Crippen LogP contribution in [-0.2, 0) is 10.0 Å². The molecule has 0 atom stereocenters. The Bertz CT molecular complexity index is 1180. The van der Waals surface area contributed by atoms with Gasteiger partial charge in [-0.1, -0.05) is 11.6 Å². The van der Waals surface area contributed by atoms with Gasteiger partial charge in [0.05, 0.1) is 42.4 Å². The van der Waals surface area contributed by atoms with Crippen LogP contribution in [-0.4, -0.2) is 39.4 Å². The van der Waals surface area contributed by atoms with E-state index >= 15 is 0 Å². The minimum Gasteiger partial charge on any atom is -0.496 e. The summed E-state index contributed by atoms with van der Waals surface area (Å²) in [4.78, 5) is 12.8. The lowest BCUT2D eigenvalue weighted by Crippen LogP contribution is -2.14. The molecule has 2 aromatic carbocycles. The van der Waals surface area contributed by atoms with Crippen LogP contribution >= 0.6 is 11.6 Å². The van der Waals surface area contributed by atoms with Crippen molar-refractivity contribution < 1.29 is 22.7 Å². The van der Waals surface area contributed by atoms with Gasteiger partial charge < -0.3 is 19.4 Å². The van der Waals surface area contributed by atoms with Gasteiger partial charge in [0.25, 0.3) is 5.91 Å². The molecule has 0 saturated heterocycles. The molecule has 0 unspecified atom stereocenters. The summed E-state index contributed by atoms with van der Waals surface area (Å²) >= 11 is 6.39. The van der Waals surface area contributed by atoms with Gasteiger partial charge in [-0.05, 0) is 30.3 Å². The number of benzene rings is 2. The van der Waals surface area contributed by atoms with Crippen LogP contribution in [0.25, 0.3) is 5.69 Å². The number of nitrogens with zero attached hydrogens (tertiary/aromatic N) is 1. The predicted octanol–water partition coefficient (Wildman–Crippen LogP) is 3.77. The number of amides is 1. The molecule has 0 fully saturated rings. The minimum atomic E-state index is -3.48. The van der Waals surface area contributed by atoms with E-state index in [2.05, 4.69) is 10.0 Å². The van der Waals surface area contributed by atoms with Gasteiger partial charge in [0.15, 0.2) is 0 Å². The molecule has 30 heavy (non-hydrogen) atoms. The second kappa shape index (κ2) is 8.68. The molecule has 3 rings (SSSR count). The number of ether oxygens (including phenoxy) is 2. The Kier molecular flexibility index (Phi) is 6.23. The molecule has 1 amide bonds. The molecule has 2 N–H and O–H groups in total. The fraction of sp³-hybridized carbons (Fsp3) is 0.150. The molecule has 3 aromatic rings. The van der Waals surface area contributed by atoms with Gasteiger partial charge in [-0.25, -0.2) is 8.42 Å². The van der Waals surface area contributed by atoms with Crippen LogP contribution in [0.15, 0.2) is 54.9 Å². The summed E-state index contributed by atoms with van der Waals surface area (Å²) in [5, 5.41) is 3.11. The van der Waals surface area contributed by atoms with Gasteiger partial charge in [0.2, 0.25) is 10.0 Å². The van der Waals surface area contributed by atoms with Crippen molar-refractivity contribution in [3.8, 4) is 17.2 Å². The van der Waals surface area contributed by atoms with Crippen molar-refractivity contribution in [1.29, 1.82) is 0 Å². The van der Waals surface area contributed by atoms with Crippen molar-refractivity contribution in [2.45, 2.75) is 0 Å². The Balaban J connectivity index is 1.89. The zero-order valence-corrected chi connectivity index (χ0v) is 18.0. The fourth-order valence-corrected chi connectivity index (χ4v) is 3.66. The van der Waals surface area contributed by atoms with Crippen LogP contribution in [0.3, 0.4) is 0 Å². The normalized spacial score (nSPS) is 11.1. The average molecular weight is 450 g/mol. The van der Waals surface area contributed by atoms with Crippen LogP contribution in [0, 0.1) is 0 Å². The molecule has 1 aromatic heterocycles. The molecule has 0 spiro atoms. The van der Waals surface area contributed by atoms with Crippen molar-refractivity contribution in [3.63, 3.8) is 0 Å². The van der Waals surface area contributed by atoms with Crippen molar-refractivity contribution in [2.75, 3.05) is 30.5 Å². The number of nitrogens with one attached hydrogen (secondary N) is 2. The van der Waals surface area contributed by atoms with Crippen LogP contribution in [0.5, 0.6) is 11.5 Å². The summed E-state index contributed by atoms with van der Waals surface area (Å²) < 4.78 is 37.7. The highest BCUT2D eigenvalue weighted by molar-refractivity contribution is 7.92. The van der Waals surface area contributed by atoms with Gasteiger partial charge in [-0.3, -0.25) is 9.52 Å². The van der Waals surface area contributed by atoms with Crippen molar-refractivity contribution in [1.82, 2.24) is 4.57 Å². The maximum absolute atomic E-state index is 12.8. The molecule has 158 valence electrons. The van der Waals surface area contributed by atoms with Crippen LogP contribution < -0.4 is 19.5 Å². The lowest BCUT2D eigenvalue weighted by Gasteiger charge is -2.15. The smallest absolute Gasteiger partial charge is 0.259 e. The lowest BCUT2D eigenvalue weighted by atomic mass is 10.1. The summed E-state index contributed by atoms with van der Waals surface area (Å²) in [5.74, 6) is 0.160. The highest BCUT2D eigenvalue weighted by atomic mass is 35.5. The monoisotopic (exact) mass is 449 g/mol. The SMILES string of the molecule is COc1cc(NC(=O)c2cc(Cl)c(-n3cccc3)cc2OC)ccc1NS(C)(=O)=O. The van der Waals surface area contributed by atoms with E-state index in [0.29, 0.717) is 22.1 Å². The Morgan fingerprint density at radius 1 is 1.03 bits per heavy atom. The number of halogens is 1. The third-order valence-electron chi connectivity index (χ3n) is 4.15. The van der Waals surface area contributed by atoms with Crippen molar-refractivity contribution >= 4 is 38.9 Å². The fourth-order valence-electron chi connectivity index (χ4n) is 2.83. The Hall–Kier alpha value is -3.17. The first-order valence-electron chi connectivity index (χ1n) is 8.70. The number of carbonyl (C=O) groups is 1. The Labute approximate surface area is 179 Å². The van der Waals surface area contributed by atoms with E-state index in [1.165, 1.54) is 32.4 Å². The summed E-state index contributed by atoms with van der Waals surface area (Å²) in [7, 11) is -0.609. The number of aromatic nitrogens is 1. The first-order valence-corrected chi connectivity index (χ1v) is 11.0. The van der Waals surface area contributed by atoms with E-state index in [4.69, 9.17) is 21.1 Å². The van der Waals surface area contributed by atoms with Gasteiger partial charge in [-0.2, -0.15) is 0 Å². The Morgan fingerprint density at radius 2 is 1.70 bits per heavy atom. The molecular weight excluding hydrogens is 430 g/mol. The standard InChI is InChI=1S/C20H20ClN3O5S/c1-28-18-12-17(24-8-4-5-9-24)15(21)11-14(18)20(25)22-13-6-7-16(19(10-13)29-2)23-30(3,26)27/h4-12,23H,1-3H3,(H,22,25). The lowest BCUT2D eigenvalue weighted by molar-refractivity contribution is 0.102. The number of rotatable bonds is 7. The van der Waals surface area contributed by atoms with Gasteiger partial charge >= 0.3 is 0 Å². The van der Waals surface area contributed by atoms with Crippen LogP contribution in [0.1, 0.15) is 10.4 Å². The average Bonchev–Trinajstić information content (AvgIpc) is 3.22. The summed E-state index contributed by atoms with van der Waals surface area (Å²) in [6.07, 6.45) is 4.70. The summed E-state index contributed by atoms with van der Waals surface area (Å²) in [5.41, 5.74) is 1.59. The highest BCUT2D eigenvalue weighted by Gasteiger charge is 2.18. The van der Waals surface area contributed by atoms with E-state index in [1.54, 1.807) is 12.1 Å². The molecule has 0 bridgehead atoms. The van der Waals surface area contributed by atoms with Crippen LogP contribution in [0.2, 0.25) is 5.02 Å². The Morgan fingerprint density at radius 3 is 2.30 bits per heavy atom. The molecule has 10 heteroatoms. The number of carbonyl (C=O) groups excluding carboxylic acids is 1. The molecule has 0 aliphatic heterocycles. The van der Waals surface area contributed by atoms with Crippen molar-refractivity contribution in [2.24, 2.45) is 0 Å². The largest absolute Gasteiger partial charge is 0.496 e. The number of hydrogen-bond donors (Lipinski definition) is 2. The molecule has 0 aliphatic rings. The van der Waals surface area contributed by atoms with Gasteiger partial charge in [0.1, 0.15) is 11.5 Å². The zero-order chi connectivity index (χ0) is 21.9. The summed E-state index contributed by atoms with van der Waals surface area (Å²) in [6, 6.07) is 11.5. The second-order valence-electron chi connectivity index (χ2n) is 6.34. The maximum atomic E-state index is 12.8. The van der Waals surface area contributed by atoms with E-state index in [-0.39, 0.29) is 17.0 Å². The van der Waals surface area contributed by atoms with Crippen molar-refractivity contribution in [3.05, 3.63) is 65.4 Å². The van der Waals surface area contributed by atoms with Gasteiger partial charge in [-0.15, -0.1) is 0 Å². The third kappa shape index (κ3) is 4.87. The topological polar surface area (TPSA) is 98.7 Å². The van der Waals surface area contributed by atoms with E-state index in [1.807, 2.05) is 29.1 Å². The number of sulfonamides is 1. The number of hydrogen-bond acceptors (Lipinski definition) is 5. The van der Waals surface area contributed by atoms with E-state index in [9.17, 15) is 13.2 Å². The third-order valence-corrected chi connectivity index (χ3v) is 5.04. The molecule has 0 saturated carbocycles. The quantitative estimate of drug-likeness (QED) is 0.572. The molecule has 0 radical (unpaired) electrons. The molecule has 0 aliphatic carbocycles. The maximum Gasteiger partial charge on any atom is 0.259 e.